The second-order valence-electron chi connectivity index (χ2n) is 8.38. The lowest BCUT2D eigenvalue weighted by Crippen LogP contribution is -2.36. The fourth-order valence-electron chi connectivity index (χ4n) is 5.08. The molecule has 0 spiro atoms. The Hall–Kier alpha value is -2.14. The molecule has 4 atom stereocenters. The fraction of sp³-hybridized carbons (Fsp3) is 0.545. The molecule has 0 aliphatic heterocycles. The number of amides is 1. The lowest BCUT2D eigenvalue weighted by molar-refractivity contribution is 0.0727. The van der Waals surface area contributed by atoms with E-state index in [2.05, 4.69) is 24.0 Å². The molecule has 1 heterocycles. The molecule has 144 valence electrons. The zero-order valence-electron chi connectivity index (χ0n) is 16.7. The number of carbonyl (C=O) groups is 1. The van der Waals surface area contributed by atoms with Crippen LogP contribution >= 0.6 is 0 Å². The van der Waals surface area contributed by atoms with E-state index in [1.807, 2.05) is 36.2 Å². The molecular formula is C22H29N3O2. The summed E-state index contributed by atoms with van der Waals surface area (Å²) < 4.78 is 5.33. The maximum Gasteiger partial charge on any atom is 0.254 e. The first kappa shape index (κ1) is 18.2. The molecule has 2 unspecified atom stereocenters. The highest BCUT2D eigenvalue weighted by atomic mass is 16.5. The summed E-state index contributed by atoms with van der Waals surface area (Å²) in [4.78, 5) is 22.1. The van der Waals surface area contributed by atoms with Gasteiger partial charge in [-0.25, -0.2) is 4.98 Å². The van der Waals surface area contributed by atoms with E-state index in [0.717, 1.165) is 35.6 Å². The van der Waals surface area contributed by atoms with E-state index in [4.69, 9.17) is 4.74 Å². The number of rotatable bonds is 4. The Balaban J connectivity index is 1.55. The number of hydrogen-bond donors (Lipinski definition) is 0. The lowest BCUT2D eigenvalue weighted by atomic mass is 10.0. The van der Waals surface area contributed by atoms with Crippen molar-refractivity contribution in [2.45, 2.75) is 37.8 Å². The Bertz CT molecular complexity index is 837. The number of nitrogens with zero attached hydrogens (tertiary/aromatic N) is 3. The third kappa shape index (κ3) is 3.29. The predicted octanol–water partition coefficient (Wildman–Crippen LogP) is 3.43. The van der Waals surface area contributed by atoms with Gasteiger partial charge in [0.05, 0.1) is 18.2 Å². The average Bonchev–Trinajstić information content (AvgIpc) is 3.25. The van der Waals surface area contributed by atoms with Crippen LogP contribution in [0.15, 0.2) is 30.3 Å². The summed E-state index contributed by atoms with van der Waals surface area (Å²) in [6.45, 7) is 0. The van der Waals surface area contributed by atoms with Crippen LogP contribution in [0.1, 0.15) is 36.0 Å². The van der Waals surface area contributed by atoms with Gasteiger partial charge < -0.3 is 14.5 Å². The van der Waals surface area contributed by atoms with Crippen molar-refractivity contribution in [1.82, 2.24) is 14.8 Å². The molecule has 0 radical (unpaired) electrons. The minimum Gasteiger partial charge on any atom is -0.481 e. The number of pyridine rings is 1. The Morgan fingerprint density at radius 2 is 1.67 bits per heavy atom. The van der Waals surface area contributed by atoms with Crippen LogP contribution in [0, 0.1) is 11.8 Å². The summed E-state index contributed by atoms with van der Waals surface area (Å²) in [5, 5.41) is 0.890. The number of benzene rings is 1. The standard InChI is InChI=1S/C22H29N3O2/c1-24(2)16-9-14-11-17(12-15(14)10-16)25(3)22(26)19-13-21(27-4)23-20-8-6-5-7-18(19)20/h5-8,13-17H,9-12H2,1-4H3/t14-,15+,16?,17?. The monoisotopic (exact) mass is 367 g/mol. The molecule has 0 saturated heterocycles. The quantitative estimate of drug-likeness (QED) is 0.830. The molecule has 0 N–H and O–H groups in total. The van der Waals surface area contributed by atoms with Gasteiger partial charge in [0.1, 0.15) is 0 Å². The van der Waals surface area contributed by atoms with E-state index < -0.39 is 0 Å². The Morgan fingerprint density at radius 3 is 2.30 bits per heavy atom. The second-order valence-corrected chi connectivity index (χ2v) is 8.38. The molecule has 1 aromatic carbocycles. The molecule has 2 aromatic rings. The van der Waals surface area contributed by atoms with Crippen LogP contribution in [0.25, 0.3) is 10.9 Å². The molecule has 2 fully saturated rings. The minimum absolute atomic E-state index is 0.0704. The van der Waals surface area contributed by atoms with Crippen molar-refractivity contribution in [2.24, 2.45) is 11.8 Å². The van der Waals surface area contributed by atoms with Crippen molar-refractivity contribution in [2.75, 3.05) is 28.3 Å². The molecule has 27 heavy (non-hydrogen) atoms. The Labute approximate surface area is 161 Å². The van der Waals surface area contributed by atoms with Crippen LogP contribution in [0.2, 0.25) is 0 Å². The van der Waals surface area contributed by atoms with Gasteiger partial charge in [-0.2, -0.15) is 0 Å². The van der Waals surface area contributed by atoms with Gasteiger partial charge in [-0.15, -0.1) is 0 Å². The zero-order valence-corrected chi connectivity index (χ0v) is 16.7. The molecule has 0 bridgehead atoms. The summed E-state index contributed by atoms with van der Waals surface area (Å²) in [5.74, 6) is 2.06. The average molecular weight is 367 g/mol. The van der Waals surface area contributed by atoms with Crippen molar-refractivity contribution < 1.29 is 9.53 Å². The topological polar surface area (TPSA) is 45.7 Å². The van der Waals surface area contributed by atoms with Gasteiger partial charge in [-0.3, -0.25) is 4.79 Å². The number of hydrogen-bond acceptors (Lipinski definition) is 4. The third-order valence-electron chi connectivity index (χ3n) is 6.70. The summed E-state index contributed by atoms with van der Waals surface area (Å²) in [6, 6.07) is 10.6. The zero-order chi connectivity index (χ0) is 19.1. The molecule has 5 nitrogen and oxygen atoms in total. The van der Waals surface area contributed by atoms with Crippen LogP contribution in [0.3, 0.4) is 0 Å². The van der Waals surface area contributed by atoms with Crippen LogP contribution in [0.5, 0.6) is 5.88 Å². The lowest BCUT2D eigenvalue weighted by Gasteiger charge is -2.27. The molecule has 2 aliphatic rings. The number of aromatic nitrogens is 1. The smallest absolute Gasteiger partial charge is 0.254 e. The van der Waals surface area contributed by atoms with Crippen LogP contribution < -0.4 is 4.74 Å². The van der Waals surface area contributed by atoms with Crippen molar-refractivity contribution >= 4 is 16.8 Å². The first-order chi connectivity index (χ1) is 13.0. The summed E-state index contributed by atoms with van der Waals surface area (Å²) >= 11 is 0. The van der Waals surface area contributed by atoms with Crippen molar-refractivity contribution in [3.63, 3.8) is 0 Å². The molecular weight excluding hydrogens is 338 g/mol. The second kappa shape index (κ2) is 7.12. The molecule has 4 rings (SSSR count). The number of para-hydroxylation sites is 1. The molecule has 1 amide bonds. The van der Waals surface area contributed by atoms with Gasteiger partial charge in [0.25, 0.3) is 5.91 Å². The van der Waals surface area contributed by atoms with Crippen LogP contribution in [-0.2, 0) is 0 Å². The van der Waals surface area contributed by atoms with Gasteiger partial charge in [0, 0.05) is 30.6 Å². The van der Waals surface area contributed by atoms with Gasteiger partial charge in [0.15, 0.2) is 0 Å². The van der Waals surface area contributed by atoms with Gasteiger partial charge in [-0.1, -0.05) is 18.2 Å². The maximum atomic E-state index is 13.3. The molecule has 5 heteroatoms. The molecule has 1 aromatic heterocycles. The normalized spacial score (nSPS) is 27.1. The highest BCUT2D eigenvalue weighted by Gasteiger charge is 2.44. The first-order valence-electron chi connectivity index (χ1n) is 9.85. The number of ether oxygens (including phenoxy) is 1. The van der Waals surface area contributed by atoms with Crippen molar-refractivity contribution in [1.29, 1.82) is 0 Å². The van der Waals surface area contributed by atoms with Gasteiger partial charge >= 0.3 is 0 Å². The first-order valence-corrected chi connectivity index (χ1v) is 9.85. The van der Waals surface area contributed by atoms with Crippen molar-refractivity contribution in [3.05, 3.63) is 35.9 Å². The van der Waals surface area contributed by atoms with E-state index >= 15 is 0 Å². The highest BCUT2D eigenvalue weighted by molar-refractivity contribution is 6.06. The van der Waals surface area contributed by atoms with Crippen LogP contribution in [-0.4, -0.2) is 61.0 Å². The molecule has 2 saturated carbocycles. The number of fused-ring (bicyclic) bond motifs is 2. The van der Waals surface area contributed by atoms with E-state index in [1.54, 1.807) is 13.2 Å². The van der Waals surface area contributed by atoms with Gasteiger partial charge in [-0.05, 0) is 57.7 Å². The Kier molecular flexibility index (Phi) is 4.81. The highest BCUT2D eigenvalue weighted by Crippen LogP contribution is 2.46. The summed E-state index contributed by atoms with van der Waals surface area (Å²) in [6.07, 6.45) is 4.78. The van der Waals surface area contributed by atoms with E-state index in [-0.39, 0.29) is 5.91 Å². The van der Waals surface area contributed by atoms with E-state index in [0.29, 0.717) is 23.5 Å². The van der Waals surface area contributed by atoms with Crippen LogP contribution in [0.4, 0.5) is 0 Å². The summed E-state index contributed by atoms with van der Waals surface area (Å²) in [5.41, 5.74) is 1.48. The SMILES string of the molecule is COc1cc(C(=O)N(C)C2C[C@H]3CC(N(C)C)C[C@H]3C2)c2ccccc2n1. The predicted molar refractivity (Wildman–Crippen MR) is 107 cm³/mol. The van der Waals surface area contributed by atoms with E-state index in [1.165, 1.54) is 12.8 Å². The fourth-order valence-corrected chi connectivity index (χ4v) is 5.08. The largest absolute Gasteiger partial charge is 0.481 e. The van der Waals surface area contributed by atoms with E-state index in [9.17, 15) is 4.79 Å². The maximum absolute atomic E-state index is 13.3. The van der Waals surface area contributed by atoms with Crippen molar-refractivity contribution in [3.8, 4) is 5.88 Å². The number of carbonyl (C=O) groups excluding carboxylic acids is 1. The molecule has 2 aliphatic carbocycles. The number of methoxy groups -OCH3 is 1. The summed E-state index contributed by atoms with van der Waals surface area (Å²) in [7, 11) is 7.91. The van der Waals surface area contributed by atoms with Gasteiger partial charge in [0.2, 0.25) is 5.88 Å². The third-order valence-corrected chi connectivity index (χ3v) is 6.70. The minimum atomic E-state index is 0.0704. The Morgan fingerprint density at radius 1 is 1.04 bits per heavy atom.